The van der Waals surface area contributed by atoms with Gasteiger partial charge in [0.05, 0.1) is 0 Å². The van der Waals surface area contributed by atoms with Crippen molar-refractivity contribution in [3.8, 4) is 11.1 Å². The van der Waals surface area contributed by atoms with E-state index in [1.165, 1.54) is 6.42 Å². The van der Waals surface area contributed by atoms with E-state index >= 15 is 0 Å². The van der Waals surface area contributed by atoms with Crippen LogP contribution in [0.1, 0.15) is 37.7 Å². The molecule has 0 radical (unpaired) electrons. The van der Waals surface area contributed by atoms with Crippen LogP contribution < -0.4 is 0 Å². The van der Waals surface area contributed by atoms with Crippen LogP contribution >= 0.6 is 0 Å². The molecule has 0 spiro atoms. The number of hydrogen-bond acceptors (Lipinski definition) is 3. The molecular weight excluding hydrogens is 362 g/mol. The van der Waals surface area contributed by atoms with Crippen molar-refractivity contribution in [2.24, 2.45) is 5.92 Å². The smallest absolute Gasteiger partial charge is 0.245 e. The second kappa shape index (κ2) is 8.76. The van der Waals surface area contributed by atoms with Crippen LogP contribution in [-0.2, 0) is 16.0 Å². The van der Waals surface area contributed by atoms with Gasteiger partial charge < -0.3 is 9.80 Å². The second-order valence-electron chi connectivity index (χ2n) is 8.25. The van der Waals surface area contributed by atoms with Gasteiger partial charge in [-0.25, -0.2) is 0 Å². The summed E-state index contributed by atoms with van der Waals surface area (Å²) in [7, 11) is 1.84. The highest BCUT2D eigenvalue weighted by atomic mass is 16.2. The van der Waals surface area contributed by atoms with Gasteiger partial charge in [0.2, 0.25) is 11.8 Å². The average Bonchev–Trinajstić information content (AvgIpc) is 2.78. The van der Waals surface area contributed by atoms with E-state index in [2.05, 4.69) is 17.1 Å². The molecule has 1 atom stereocenters. The molecule has 1 aromatic heterocycles. The van der Waals surface area contributed by atoms with Gasteiger partial charge in [0.25, 0.3) is 0 Å². The number of benzene rings is 1. The first kappa shape index (κ1) is 19.6. The van der Waals surface area contributed by atoms with Crippen LogP contribution in [0.2, 0.25) is 0 Å². The lowest BCUT2D eigenvalue weighted by atomic mass is 9.87. The van der Waals surface area contributed by atoms with Gasteiger partial charge in [-0.2, -0.15) is 0 Å². The third-order valence-electron chi connectivity index (χ3n) is 6.35. The first-order chi connectivity index (χ1) is 14.1. The number of amides is 2. The average molecular weight is 392 g/mol. The van der Waals surface area contributed by atoms with Gasteiger partial charge in [0.1, 0.15) is 6.04 Å². The molecule has 152 valence electrons. The lowest BCUT2D eigenvalue weighted by molar-refractivity contribution is -0.153. The predicted octanol–water partition coefficient (Wildman–Crippen LogP) is 3.54. The maximum Gasteiger partial charge on any atom is 0.245 e. The summed E-state index contributed by atoms with van der Waals surface area (Å²) in [4.78, 5) is 34.3. The summed E-state index contributed by atoms with van der Waals surface area (Å²) in [6, 6.07) is 11.7. The molecule has 1 saturated carbocycles. The van der Waals surface area contributed by atoms with Crippen LogP contribution in [0.15, 0.2) is 48.8 Å². The van der Waals surface area contributed by atoms with Gasteiger partial charge in [-0.15, -0.1) is 0 Å². The molecule has 0 unspecified atom stereocenters. The van der Waals surface area contributed by atoms with Crippen molar-refractivity contribution in [1.82, 2.24) is 14.8 Å². The monoisotopic (exact) mass is 391 g/mol. The number of rotatable bonds is 4. The zero-order valence-electron chi connectivity index (χ0n) is 17.1. The Balaban J connectivity index is 1.62. The minimum Gasteiger partial charge on any atom is -0.342 e. The van der Waals surface area contributed by atoms with Crippen molar-refractivity contribution in [1.29, 1.82) is 0 Å². The Kier molecular flexibility index (Phi) is 5.93. The largest absolute Gasteiger partial charge is 0.342 e. The summed E-state index contributed by atoms with van der Waals surface area (Å²) in [6.07, 6.45) is 9.50. The molecule has 0 bridgehead atoms. The Hall–Kier alpha value is -2.69. The molecule has 1 aliphatic carbocycles. The van der Waals surface area contributed by atoms with Crippen LogP contribution in [0, 0.1) is 5.92 Å². The van der Waals surface area contributed by atoms with E-state index in [-0.39, 0.29) is 17.7 Å². The summed E-state index contributed by atoms with van der Waals surface area (Å²) in [5, 5.41) is 0. The first-order valence-corrected chi connectivity index (χ1v) is 10.7. The van der Waals surface area contributed by atoms with Crippen molar-refractivity contribution >= 4 is 11.8 Å². The predicted molar refractivity (Wildman–Crippen MR) is 113 cm³/mol. The van der Waals surface area contributed by atoms with Crippen LogP contribution in [0.3, 0.4) is 0 Å². The molecule has 2 heterocycles. The summed E-state index contributed by atoms with van der Waals surface area (Å²) in [6.45, 7) is 1.23. The fourth-order valence-corrected chi connectivity index (χ4v) is 4.67. The van der Waals surface area contributed by atoms with Crippen molar-refractivity contribution in [2.75, 3.05) is 20.1 Å². The van der Waals surface area contributed by atoms with E-state index in [9.17, 15) is 9.59 Å². The zero-order valence-corrected chi connectivity index (χ0v) is 17.1. The number of likely N-dealkylation sites (N-methyl/N-ethyl adjacent to an activating group) is 1. The maximum absolute atomic E-state index is 13.3. The maximum atomic E-state index is 13.3. The number of aromatic nitrogens is 1. The van der Waals surface area contributed by atoms with Gasteiger partial charge >= 0.3 is 0 Å². The van der Waals surface area contributed by atoms with Crippen molar-refractivity contribution in [3.05, 3.63) is 54.4 Å². The van der Waals surface area contributed by atoms with Crippen LogP contribution in [0.25, 0.3) is 11.1 Å². The number of pyridine rings is 1. The quantitative estimate of drug-likeness (QED) is 0.801. The van der Waals surface area contributed by atoms with Crippen molar-refractivity contribution < 1.29 is 9.59 Å². The molecule has 1 saturated heterocycles. The minimum atomic E-state index is -0.430. The SMILES string of the molecule is CN1CCN(C(=O)C2CCCCC2)[C@@H](Cc2ccccc2-c2cccnc2)C1=O. The van der Waals surface area contributed by atoms with E-state index < -0.39 is 6.04 Å². The Labute approximate surface area is 172 Å². The minimum absolute atomic E-state index is 0.0430. The van der Waals surface area contributed by atoms with Gasteiger partial charge in [-0.3, -0.25) is 14.6 Å². The van der Waals surface area contributed by atoms with E-state index in [1.54, 1.807) is 11.1 Å². The number of hydrogen-bond donors (Lipinski definition) is 0. The third kappa shape index (κ3) is 4.19. The van der Waals surface area contributed by atoms with E-state index in [0.717, 1.165) is 42.4 Å². The van der Waals surface area contributed by atoms with Crippen molar-refractivity contribution in [3.63, 3.8) is 0 Å². The van der Waals surface area contributed by atoms with Gasteiger partial charge in [0, 0.05) is 50.4 Å². The molecule has 2 aliphatic rings. The molecule has 1 aliphatic heterocycles. The molecular formula is C24H29N3O2. The molecule has 2 amide bonds. The van der Waals surface area contributed by atoms with Gasteiger partial charge in [-0.1, -0.05) is 49.6 Å². The van der Waals surface area contributed by atoms with E-state index in [4.69, 9.17) is 0 Å². The summed E-state index contributed by atoms with van der Waals surface area (Å²) < 4.78 is 0. The zero-order chi connectivity index (χ0) is 20.2. The highest BCUT2D eigenvalue weighted by molar-refractivity contribution is 5.90. The summed E-state index contributed by atoms with van der Waals surface area (Å²) in [5.74, 6) is 0.299. The summed E-state index contributed by atoms with van der Waals surface area (Å²) in [5.41, 5.74) is 3.19. The van der Waals surface area contributed by atoms with Gasteiger partial charge in [0.15, 0.2) is 0 Å². The molecule has 1 aromatic carbocycles. The molecule has 5 heteroatoms. The number of carbonyl (C=O) groups is 2. The topological polar surface area (TPSA) is 53.5 Å². The first-order valence-electron chi connectivity index (χ1n) is 10.7. The Morgan fingerprint density at radius 2 is 1.86 bits per heavy atom. The van der Waals surface area contributed by atoms with Crippen LogP contribution in [0.5, 0.6) is 0 Å². The molecule has 29 heavy (non-hydrogen) atoms. The highest BCUT2D eigenvalue weighted by Gasteiger charge is 2.38. The number of carbonyl (C=O) groups excluding carboxylic acids is 2. The highest BCUT2D eigenvalue weighted by Crippen LogP contribution is 2.30. The summed E-state index contributed by atoms with van der Waals surface area (Å²) >= 11 is 0. The number of nitrogens with zero attached hydrogens (tertiary/aromatic N) is 3. The second-order valence-corrected chi connectivity index (χ2v) is 8.25. The molecule has 0 N–H and O–H groups in total. The standard InChI is InChI=1S/C24H29N3O2/c1-26-14-15-27(23(28)18-8-3-2-4-9-18)22(24(26)29)16-19-10-5-6-12-21(19)20-11-7-13-25-17-20/h5-7,10-13,17-18,22H,2-4,8-9,14-16H2,1H3/t22-/m0/s1. The molecule has 2 fully saturated rings. The molecule has 5 nitrogen and oxygen atoms in total. The fourth-order valence-electron chi connectivity index (χ4n) is 4.67. The van der Waals surface area contributed by atoms with Crippen LogP contribution in [-0.4, -0.2) is 52.8 Å². The molecule has 4 rings (SSSR count). The van der Waals surface area contributed by atoms with E-state index in [0.29, 0.717) is 19.5 Å². The lowest BCUT2D eigenvalue weighted by Crippen LogP contribution is -2.59. The fraction of sp³-hybridized carbons (Fsp3) is 0.458. The molecule has 2 aromatic rings. The Morgan fingerprint density at radius 3 is 2.62 bits per heavy atom. The lowest BCUT2D eigenvalue weighted by Gasteiger charge is -2.41. The van der Waals surface area contributed by atoms with E-state index in [1.807, 2.05) is 42.4 Å². The van der Waals surface area contributed by atoms with Gasteiger partial charge in [-0.05, 0) is 30.0 Å². The van der Waals surface area contributed by atoms with Crippen molar-refractivity contribution in [2.45, 2.75) is 44.6 Å². The number of piperazine rings is 1. The van der Waals surface area contributed by atoms with Crippen LogP contribution in [0.4, 0.5) is 0 Å². The Morgan fingerprint density at radius 1 is 1.07 bits per heavy atom. The normalized spacial score (nSPS) is 20.7. The Bertz CT molecular complexity index is 861. The third-order valence-corrected chi connectivity index (χ3v) is 6.35.